The summed E-state index contributed by atoms with van der Waals surface area (Å²) in [5.74, 6) is -0.219. The van der Waals surface area contributed by atoms with Gasteiger partial charge >= 0.3 is 0 Å². The Kier molecular flexibility index (Phi) is 5.68. The van der Waals surface area contributed by atoms with Crippen molar-refractivity contribution in [2.45, 2.75) is 25.8 Å². The topological polar surface area (TPSA) is 24.9 Å². The van der Waals surface area contributed by atoms with Crippen molar-refractivity contribution in [3.8, 4) is 0 Å². The molecule has 0 radical (unpaired) electrons. The van der Waals surface area contributed by atoms with Gasteiger partial charge in [-0.05, 0) is 54.8 Å². The van der Waals surface area contributed by atoms with Crippen LogP contribution in [0.2, 0.25) is 0 Å². The summed E-state index contributed by atoms with van der Waals surface area (Å²) >= 11 is 3.35. The van der Waals surface area contributed by atoms with Gasteiger partial charge in [-0.15, -0.1) is 0 Å². The van der Waals surface area contributed by atoms with Crippen molar-refractivity contribution < 1.29 is 4.39 Å². The van der Waals surface area contributed by atoms with E-state index >= 15 is 0 Å². The van der Waals surface area contributed by atoms with Crippen molar-refractivity contribution in [3.63, 3.8) is 0 Å². The first-order chi connectivity index (χ1) is 9.69. The summed E-state index contributed by atoms with van der Waals surface area (Å²) in [6, 6.07) is 9.09. The zero-order chi connectivity index (χ0) is 14.4. The van der Waals surface area contributed by atoms with Crippen LogP contribution in [0.1, 0.15) is 30.5 Å². The van der Waals surface area contributed by atoms with Crippen LogP contribution in [0.3, 0.4) is 0 Å². The van der Waals surface area contributed by atoms with Crippen LogP contribution in [0, 0.1) is 5.82 Å². The fourth-order valence-corrected chi connectivity index (χ4v) is 2.64. The average Bonchev–Trinajstić information content (AvgIpc) is 2.43. The minimum atomic E-state index is -0.219. The monoisotopic (exact) mass is 336 g/mol. The molecule has 1 heterocycles. The summed E-state index contributed by atoms with van der Waals surface area (Å²) in [7, 11) is 0. The molecule has 1 aromatic carbocycles. The first kappa shape index (κ1) is 15.1. The molecule has 1 unspecified atom stereocenters. The number of aromatic nitrogens is 1. The summed E-state index contributed by atoms with van der Waals surface area (Å²) < 4.78 is 14.3. The molecule has 106 valence electrons. The van der Waals surface area contributed by atoms with Crippen molar-refractivity contribution in [2.24, 2.45) is 0 Å². The highest BCUT2D eigenvalue weighted by Crippen LogP contribution is 2.23. The lowest BCUT2D eigenvalue weighted by Crippen LogP contribution is -2.24. The van der Waals surface area contributed by atoms with Crippen LogP contribution in [-0.4, -0.2) is 11.5 Å². The Morgan fingerprint density at radius 2 is 2.20 bits per heavy atom. The third-order valence-electron chi connectivity index (χ3n) is 3.09. The van der Waals surface area contributed by atoms with Gasteiger partial charge < -0.3 is 5.32 Å². The number of benzene rings is 1. The predicted molar refractivity (Wildman–Crippen MR) is 83.1 cm³/mol. The van der Waals surface area contributed by atoms with E-state index in [1.807, 2.05) is 24.4 Å². The fraction of sp³-hybridized carbons (Fsp3) is 0.312. The van der Waals surface area contributed by atoms with Gasteiger partial charge in [0.15, 0.2) is 0 Å². The molecule has 0 aliphatic heterocycles. The molecule has 1 atom stereocenters. The Morgan fingerprint density at radius 3 is 2.85 bits per heavy atom. The van der Waals surface area contributed by atoms with Crippen LogP contribution in [0.25, 0.3) is 0 Å². The van der Waals surface area contributed by atoms with Crippen LogP contribution in [-0.2, 0) is 6.42 Å². The van der Waals surface area contributed by atoms with E-state index in [1.54, 1.807) is 12.3 Å². The van der Waals surface area contributed by atoms with E-state index in [9.17, 15) is 4.39 Å². The Labute approximate surface area is 127 Å². The second-order valence-corrected chi connectivity index (χ2v) is 5.69. The minimum absolute atomic E-state index is 0.0890. The Morgan fingerprint density at radius 1 is 1.35 bits per heavy atom. The van der Waals surface area contributed by atoms with Crippen molar-refractivity contribution in [2.75, 3.05) is 6.54 Å². The van der Waals surface area contributed by atoms with Crippen molar-refractivity contribution in [1.82, 2.24) is 10.3 Å². The van der Waals surface area contributed by atoms with Crippen LogP contribution < -0.4 is 5.32 Å². The molecule has 0 saturated heterocycles. The molecule has 20 heavy (non-hydrogen) atoms. The molecule has 0 spiro atoms. The van der Waals surface area contributed by atoms with E-state index in [0.29, 0.717) is 0 Å². The molecule has 0 aliphatic rings. The van der Waals surface area contributed by atoms with E-state index in [-0.39, 0.29) is 11.9 Å². The van der Waals surface area contributed by atoms with Crippen LogP contribution in [0.5, 0.6) is 0 Å². The Bertz CT molecular complexity index is 525. The highest BCUT2D eigenvalue weighted by molar-refractivity contribution is 9.10. The molecular formula is C16H18BrFN2. The lowest BCUT2D eigenvalue weighted by Gasteiger charge is -2.19. The number of hydrogen-bond donors (Lipinski definition) is 1. The highest BCUT2D eigenvalue weighted by atomic mass is 79.9. The molecule has 0 amide bonds. The summed E-state index contributed by atoms with van der Waals surface area (Å²) in [5.41, 5.74) is 2.09. The standard InChI is InChI=1S/C16H18BrFN2/c1-2-5-20-16(7-12-4-3-6-19-11-12)13-8-14(17)10-15(18)9-13/h3-4,6,8-11,16,20H,2,5,7H2,1H3. The molecule has 2 nitrogen and oxygen atoms in total. The van der Waals surface area contributed by atoms with Gasteiger partial charge in [0.05, 0.1) is 0 Å². The number of nitrogens with zero attached hydrogens (tertiary/aromatic N) is 1. The third-order valence-corrected chi connectivity index (χ3v) is 3.55. The number of halogens is 2. The Balaban J connectivity index is 2.22. The average molecular weight is 337 g/mol. The molecule has 0 saturated carbocycles. The summed E-state index contributed by atoms with van der Waals surface area (Å²) in [6.07, 6.45) is 5.45. The predicted octanol–water partition coefficient (Wildman–Crippen LogP) is 4.27. The van der Waals surface area contributed by atoms with Gasteiger partial charge in [0.2, 0.25) is 0 Å². The molecule has 1 N–H and O–H groups in total. The second kappa shape index (κ2) is 7.50. The lowest BCUT2D eigenvalue weighted by atomic mass is 9.99. The fourth-order valence-electron chi connectivity index (χ4n) is 2.16. The summed E-state index contributed by atoms with van der Waals surface area (Å²) in [5, 5.41) is 3.47. The smallest absolute Gasteiger partial charge is 0.124 e. The number of hydrogen-bond acceptors (Lipinski definition) is 2. The molecule has 4 heteroatoms. The second-order valence-electron chi connectivity index (χ2n) is 4.77. The zero-order valence-electron chi connectivity index (χ0n) is 11.4. The molecule has 1 aromatic heterocycles. The Hall–Kier alpha value is -1.26. The molecule has 0 bridgehead atoms. The highest BCUT2D eigenvalue weighted by Gasteiger charge is 2.13. The van der Waals surface area contributed by atoms with Gasteiger partial charge in [-0.2, -0.15) is 0 Å². The molecule has 2 aromatic rings. The SMILES string of the molecule is CCCNC(Cc1cccnc1)c1cc(F)cc(Br)c1. The van der Waals surface area contributed by atoms with E-state index in [2.05, 4.69) is 33.2 Å². The maximum Gasteiger partial charge on any atom is 0.124 e. The molecular weight excluding hydrogens is 319 g/mol. The maximum atomic E-state index is 13.6. The van der Waals surface area contributed by atoms with Crippen LogP contribution >= 0.6 is 15.9 Å². The largest absolute Gasteiger partial charge is 0.310 e. The molecule has 2 rings (SSSR count). The lowest BCUT2D eigenvalue weighted by molar-refractivity contribution is 0.523. The van der Waals surface area contributed by atoms with E-state index in [4.69, 9.17) is 0 Å². The van der Waals surface area contributed by atoms with Gasteiger partial charge in [0, 0.05) is 22.9 Å². The number of pyridine rings is 1. The first-order valence-electron chi connectivity index (χ1n) is 6.77. The van der Waals surface area contributed by atoms with Gasteiger partial charge in [0.1, 0.15) is 5.82 Å². The minimum Gasteiger partial charge on any atom is -0.310 e. The van der Waals surface area contributed by atoms with Gasteiger partial charge in [-0.3, -0.25) is 4.98 Å². The zero-order valence-corrected chi connectivity index (χ0v) is 13.0. The normalized spacial score (nSPS) is 12.3. The van der Waals surface area contributed by atoms with Gasteiger partial charge in [-0.1, -0.05) is 28.9 Å². The van der Waals surface area contributed by atoms with Crippen LogP contribution in [0.4, 0.5) is 4.39 Å². The van der Waals surface area contributed by atoms with Crippen molar-refractivity contribution in [3.05, 3.63) is 64.1 Å². The van der Waals surface area contributed by atoms with E-state index in [1.165, 1.54) is 6.07 Å². The third kappa shape index (κ3) is 4.39. The number of nitrogens with one attached hydrogen (secondary N) is 1. The quantitative estimate of drug-likeness (QED) is 0.852. The molecule has 0 fully saturated rings. The first-order valence-corrected chi connectivity index (χ1v) is 7.56. The number of rotatable bonds is 6. The van der Waals surface area contributed by atoms with Crippen molar-refractivity contribution in [1.29, 1.82) is 0 Å². The van der Waals surface area contributed by atoms with Gasteiger partial charge in [-0.25, -0.2) is 4.39 Å². The molecule has 0 aliphatic carbocycles. The van der Waals surface area contributed by atoms with Gasteiger partial charge in [0.25, 0.3) is 0 Å². The van der Waals surface area contributed by atoms with E-state index in [0.717, 1.165) is 35.0 Å². The maximum absolute atomic E-state index is 13.6. The van der Waals surface area contributed by atoms with Crippen LogP contribution in [0.15, 0.2) is 47.2 Å². The van der Waals surface area contributed by atoms with E-state index < -0.39 is 0 Å². The summed E-state index contributed by atoms with van der Waals surface area (Å²) in [6.45, 7) is 3.02. The van der Waals surface area contributed by atoms with Crippen molar-refractivity contribution >= 4 is 15.9 Å². The summed E-state index contributed by atoms with van der Waals surface area (Å²) in [4.78, 5) is 4.14.